The van der Waals surface area contributed by atoms with Crippen LogP contribution in [0.1, 0.15) is 32.4 Å². The highest BCUT2D eigenvalue weighted by atomic mass is 19.2. The van der Waals surface area contributed by atoms with E-state index in [4.69, 9.17) is 10.5 Å². The molecule has 0 saturated carbocycles. The van der Waals surface area contributed by atoms with Crippen LogP contribution in [-0.2, 0) is 4.74 Å². The van der Waals surface area contributed by atoms with E-state index < -0.39 is 29.4 Å². The number of ether oxygens (including phenoxy) is 1. The molecule has 0 spiro atoms. The monoisotopic (exact) mass is 313 g/mol. The quantitative estimate of drug-likeness (QED) is 0.781. The van der Waals surface area contributed by atoms with Crippen LogP contribution in [0.3, 0.4) is 0 Å². The minimum Gasteiger partial charge on any atom is -0.444 e. The van der Waals surface area contributed by atoms with Crippen molar-refractivity contribution in [3.8, 4) is 0 Å². The molecule has 1 aliphatic rings. The Balaban J connectivity index is 2.31. The van der Waals surface area contributed by atoms with E-state index >= 15 is 0 Å². The van der Waals surface area contributed by atoms with Crippen LogP contribution in [0.25, 0.3) is 0 Å². The fourth-order valence-corrected chi connectivity index (χ4v) is 2.36. The highest BCUT2D eigenvalue weighted by molar-refractivity contribution is 5.69. The number of carbonyl (C=O) groups is 1. The van der Waals surface area contributed by atoms with Crippen molar-refractivity contribution in [1.29, 1.82) is 0 Å². The predicted molar refractivity (Wildman–Crippen MR) is 79.3 cm³/mol. The summed E-state index contributed by atoms with van der Waals surface area (Å²) in [5.74, 6) is -2.12. The number of nitrogens with two attached hydrogens (primary N) is 1. The van der Waals surface area contributed by atoms with E-state index in [1.807, 2.05) is 0 Å². The van der Waals surface area contributed by atoms with Crippen molar-refractivity contribution in [2.24, 2.45) is 0 Å². The molecule has 0 radical (unpaired) electrons. The van der Waals surface area contributed by atoms with Gasteiger partial charge in [-0.25, -0.2) is 13.6 Å². The molecule has 1 aromatic carbocycles. The molecule has 7 heteroatoms. The number of nitrogen functional groups attached to an aromatic ring is 1. The summed E-state index contributed by atoms with van der Waals surface area (Å²) in [4.78, 5) is 13.7. The smallest absolute Gasteiger partial charge is 0.410 e. The van der Waals surface area contributed by atoms with Gasteiger partial charge >= 0.3 is 6.09 Å². The number of piperazine rings is 1. The zero-order chi connectivity index (χ0) is 16.5. The fraction of sp³-hybridized carbons (Fsp3) is 0.533. The van der Waals surface area contributed by atoms with Gasteiger partial charge in [0, 0.05) is 25.2 Å². The Morgan fingerprint density at radius 1 is 1.36 bits per heavy atom. The van der Waals surface area contributed by atoms with Gasteiger partial charge in [-0.3, -0.25) is 4.90 Å². The summed E-state index contributed by atoms with van der Waals surface area (Å²) >= 11 is 0. The molecule has 1 aromatic rings. The Kier molecular flexibility index (Phi) is 4.55. The fourth-order valence-electron chi connectivity index (χ4n) is 2.36. The molecule has 1 fully saturated rings. The zero-order valence-corrected chi connectivity index (χ0v) is 13.0. The number of benzene rings is 1. The van der Waals surface area contributed by atoms with Crippen molar-refractivity contribution in [2.75, 3.05) is 25.4 Å². The third-order valence-corrected chi connectivity index (χ3v) is 3.37. The molecule has 122 valence electrons. The molecule has 2 rings (SSSR count). The van der Waals surface area contributed by atoms with Gasteiger partial charge in [-0.05, 0) is 26.8 Å². The normalized spacial score (nSPS) is 19.1. The molecule has 1 heterocycles. The second-order valence-corrected chi connectivity index (χ2v) is 6.27. The molecule has 0 bridgehead atoms. The first-order valence-corrected chi connectivity index (χ1v) is 7.14. The average Bonchev–Trinajstić information content (AvgIpc) is 2.43. The van der Waals surface area contributed by atoms with Crippen molar-refractivity contribution >= 4 is 11.8 Å². The molecule has 1 atom stereocenters. The minimum atomic E-state index is -1.09. The maximum Gasteiger partial charge on any atom is 0.410 e. The standard InChI is InChI=1S/C15H21F2N3O2/c1-15(2,3)22-14(21)20-7-6-19-8-11(20)9-4-5-10(18)13(17)12(9)16/h4-5,11,19H,6-8,18H2,1-3H3. The van der Waals surface area contributed by atoms with Gasteiger partial charge in [-0.2, -0.15) is 0 Å². The third kappa shape index (κ3) is 3.47. The van der Waals surface area contributed by atoms with Gasteiger partial charge in [0.05, 0.1) is 11.7 Å². The lowest BCUT2D eigenvalue weighted by Gasteiger charge is -2.37. The summed E-state index contributed by atoms with van der Waals surface area (Å²) in [7, 11) is 0. The second-order valence-electron chi connectivity index (χ2n) is 6.27. The summed E-state index contributed by atoms with van der Waals surface area (Å²) in [5.41, 5.74) is 4.54. The van der Waals surface area contributed by atoms with E-state index in [-0.39, 0.29) is 11.3 Å². The highest BCUT2D eigenvalue weighted by Crippen LogP contribution is 2.29. The summed E-state index contributed by atoms with van der Waals surface area (Å²) < 4.78 is 33.2. The molecular formula is C15H21F2N3O2. The summed E-state index contributed by atoms with van der Waals surface area (Å²) in [5, 5.41) is 3.07. The number of amides is 1. The van der Waals surface area contributed by atoms with Crippen LogP contribution in [0.15, 0.2) is 12.1 Å². The number of carbonyl (C=O) groups excluding carboxylic acids is 1. The van der Waals surface area contributed by atoms with Gasteiger partial charge in [0.15, 0.2) is 11.6 Å². The topological polar surface area (TPSA) is 67.6 Å². The number of anilines is 1. The first kappa shape index (κ1) is 16.5. The number of nitrogens with one attached hydrogen (secondary N) is 1. The molecule has 5 nitrogen and oxygen atoms in total. The van der Waals surface area contributed by atoms with Crippen molar-refractivity contribution in [1.82, 2.24) is 10.2 Å². The first-order chi connectivity index (χ1) is 10.2. The van der Waals surface area contributed by atoms with E-state index in [9.17, 15) is 13.6 Å². The second kappa shape index (κ2) is 6.08. The van der Waals surface area contributed by atoms with Crippen molar-refractivity contribution in [3.63, 3.8) is 0 Å². The van der Waals surface area contributed by atoms with Gasteiger partial charge < -0.3 is 15.8 Å². The molecule has 0 aliphatic carbocycles. The van der Waals surface area contributed by atoms with Gasteiger partial charge in [0.2, 0.25) is 0 Å². The molecular weight excluding hydrogens is 292 g/mol. The molecule has 1 saturated heterocycles. The predicted octanol–water partition coefficient (Wildman–Crippen LogP) is 2.43. The van der Waals surface area contributed by atoms with Crippen molar-refractivity contribution in [3.05, 3.63) is 29.3 Å². The Morgan fingerprint density at radius 2 is 2.05 bits per heavy atom. The van der Waals surface area contributed by atoms with E-state index in [0.29, 0.717) is 19.6 Å². The highest BCUT2D eigenvalue weighted by Gasteiger charge is 2.33. The lowest BCUT2D eigenvalue weighted by atomic mass is 10.0. The van der Waals surface area contributed by atoms with Crippen LogP contribution in [-0.4, -0.2) is 36.2 Å². The maximum atomic E-state index is 14.2. The third-order valence-electron chi connectivity index (χ3n) is 3.37. The summed E-state index contributed by atoms with van der Waals surface area (Å²) in [6, 6.07) is 2.07. The largest absolute Gasteiger partial charge is 0.444 e. The number of rotatable bonds is 1. The number of hydrogen-bond acceptors (Lipinski definition) is 4. The number of halogens is 2. The Hall–Kier alpha value is -1.89. The van der Waals surface area contributed by atoms with Crippen LogP contribution < -0.4 is 11.1 Å². The van der Waals surface area contributed by atoms with E-state index in [0.717, 1.165) is 0 Å². The van der Waals surface area contributed by atoms with Crippen molar-refractivity contribution in [2.45, 2.75) is 32.4 Å². The van der Waals surface area contributed by atoms with Crippen LogP contribution >= 0.6 is 0 Å². The van der Waals surface area contributed by atoms with E-state index in [1.54, 1.807) is 20.8 Å². The minimum absolute atomic E-state index is 0.0877. The molecule has 1 unspecified atom stereocenters. The lowest BCUT2D eigenvalue weighted by molar-refractivity contribution is 0.0114. The Morgan fingerprint density at radius 3 is 2.68 bits per heavy atom. The molecule has 22 heavy (non-hydrogen) atoms. The molecule has 0 aromatic heterocycles. The first-order valence-electron chi connectivity index (χ1n) is 7.14. The van der Waals surface area contributed by atoms with Gasteiger partial charge in [-0.1, -0.05) is 6.07 Å². The van der Waals surface area contributed by atoms with Crippen LogP contribution in [0, 0.1) is 11.6 Å². The van der Waals surface area contributed by atoms with Gasteiger partial charge in [0.25, 0.3) is 0 Å². The Bertz CT molecular complexity index is 573. The molecule has 1 aliphatic heterocycles. The van der Waals surface area contributed by atoms with Gasteiger partial charge in [-0.15, -0.1) is 0 Å². The summed E-state index contributed by atoms with van der Waals surface area (Å²) in [6.07, 6.45) is -0.546. The van der Waals surface area contributed by atoms with E-state index in [2.05, 4.69) is 5.32 Å². The summed E-state index contributed by atoms with van der Waals surface area (Å²) in [6.45, 7) is 6.50. The van der Waals surface area contributed by atoms with Crippen molar-refractivity contribution < 1.29 is 18.3 Å². The molecule has 1 amide bonds. The number of hydrogen-bond donors (Lipinski definition) is 2. The van der Waals surface area contributed by atoms with E-state index in [1.165, 1.54) is 17.0 Å². The molecule has 3 N–H and O–H groups in total. The van der Waals surface area contributed by atoms with Crippen LogP contribution in [0.5, 0.6) is 0 Å². The number of nitrogens with zero attached hydrogens (tertiary/aromatic N) is 1. The average molecular weight is 313 g/mol. The Labute approximate surface area is 128 Å². The maximum absolute atomic E-state index is 14.2. The lowest BCUT2D eigenvalue weighted by Crippen LogP contribution is -2.50. The van der Waals surface area contributed by atoms with Crippen LogP contribution in [0.2, 0.25) is 0 Å². The zero-order valence-electron chi connectivity index (χ0n) is 13.0. The van der Waals surface area contributed by atoms with Gasteiger partial charge in [0.1, 0.15) is 5.60 Å². The SMILES string of the molecule is CC(C)(C)OC(=O)N1CCNCC1c1ccc(N)c(F)c1F. The van der Waals surface area contributed by atoms with Crippen LogP contribution in [0.4, 0.5) is 19.3 Å².